The highest BCUT2D eigenvalue weighted by atomic mass is 19.1. The van der Waals surface area contributed by atoms with Gasteiger partial charge in [-0.3, -0.25) is 4.79 Å². The Hall–Kier alpha value is -2.73. The Balaban J connectivity index is 1.55. The Morgan fingerprint density at radius 3 is 2.85 bits per heavy atom. The van der Waals surface area contributed by atoms with E-state index in [0.717, 1.165) is 36.0 Å². The quantitative estimate of drug-likeness (QED) is 0.724. The number of nitrogens with zero attached hydrogens (tertiary/aromatic N) is 2. The smallest absolute Gasteiger partial charge is 0.223 e. The molecule has 1 aliphatic heterocycles. The summed E-state index contributed by atoms with van der Waals surface area (Å²) in [4.78, 5) is 17.0. The standard InChI is InChI=1S/C21H22FN3O2/c22-16-9-7-15(8-10-16)19(24-21(26)12-17-4-3-11-27-17)13-25-14-23-18-5-1-2-6-20(18)25/h1-2,5-10,14,17,19H,3-4,11-13H2,(H,24,26). The van der Waals surface area contributed by atoms with Crippen LogP contribution in [0.15, 0.2) is 54.9 Å². The van der Waals surface area contributed by atoms with E-state index in [1.807, 2.05) is 28.8 Å². The molecule has 5 nitrogen and oxygen atoms in total. The van der Waals surface area contributed by atoms with Gasteiger partial charge in [-0.25, -0.2) is 9.37 Å². The average Bonchev–Trinajstić information content (AvgIpc) is 3.32. The van der Waals surface area contributed by atoms with Crippen molar-refractivity contribution in [3.63, 3.8) is 0 Å². The van der Waals surface area contributed by atoms with Crippen molar-refractivity contribution in [3.8, 4) is 0 Å². The molecule has 1 aliphatic rings. The number of hydrogen-bond donors (Lipinski definition) is 1. The molecule has 0 saturated carbocycles. The van der Waals surface area contributed by atoms with E-state index in [2.05, 4.69) is 10.3 Å². The van der Waals surface area contributed by atoms with Gasteiger partial charge in [0, 0.05) is 13.2 Å². The van der Waals surface area contributed by atoms with E-state index in [9.17, 15) is 9.18 Å². The number of nitrogens with one attached hydrogen (secondary N) is 1. The molecule has 4 rings (SSSR count). The third kappa shape index (κ3) is 4.17. The van der Waals surface area contributed by atoms with Crippen LogP contribution >= 0.6 is 0 Å². The molecule has 27 heavy (non-hydrogen) atoms. The average molecular weight is 367 g/mol. The molecular weight excluding hydrogens is 345 g/mol. The summed E-state index contributed by atoms with van der Waals surface area (Å²) in [6, 6.07) is 13.8. The van der Waals surface area contributed by atoms with Gasteiger partial charge in [0.15, 0.2) is 0 Å². The molecule has 1 amide bonds. The molecule has 0 aliphatic carbocycles. The summed E-state index contributed by atoms with van der Waals surface area (Å²) in [6.45, 7) is 1.24. The van der Waals surface area contributed by atoms with Crippen LogP contribution in [0.25, 0.3) is 11.0 Å². The second kappa shape index (κ2) is 7.88. The van der Waals surface area contributed by atoms with Gasteiger partial charge in [-0.05, 0) is 42.7 Å². The number of benzene rings is 2. The first-order chi connectivity index (χ1) is 13.2. The lowest BCUT2D eigenvalue weighted by Crippen LogP contribution is -2.33. The largest absolute Gasteiger partial charge is 0.378 e. The third-order valence-electron chi connectivity index (χ3n) is 4.95. The summed E-state index contributed by atoms with van der Waals surface area (Å²) in [5.74, 6) is -0.350. The van der Waals surface area contributed by atoms with Crippen LogP contribution in [0.5, 0.6) is 0 Å². The zero-order valence-electron chi connectivity index (χ0n) is 15.0. The fraction of sp³-hybridized carbons (Fsp3) is 0.333. The van der Waals surface area contributed by atoms with E-state index in [1.165, 1.54) is 12.1 Å². The van der Waals surface area contributed by atoms with Gasteiger partial charge >= 0.3 is 0 Å². The van der Waals surface area contributed by atoms with Crippen molar-refractivity contribution in [1.29, 1.82) is 0 Å². The molecule has 2 atom stereocenters. The van der Waals surface area contributed by atoms with Gasteiger partial charge in [-0.2, -0.15) is 0 Å². The lowest BCUT2D eigenvalue weighted by molar-refractivity contribution is -0.124. The summed E-state index contributed by atoms with van der Waals surface area (Å²) in [6.07, 6.45) is 4.03. The van der Waals surface area contributed by atoms with Crippen LogP contribution in [0.1, 0.15) is 30.9 Å². The van der Waals surface area contributed by atoms with Gasteiger partial charge in [0.1, 0.15) is 5.82 Å². The third-order valence-corrected chi connectivity index (χ3v) is 4.95. The molecule has 140 valence electrons. The van der Waals surface area contributed by atoms with Gasteiger partial charge in [0.05, 0.1) is 35.9 Å². The number of aromatic nitrogens is 2. The molecule has 1 fully saturated rings. The van der Waals surface area contributed by atoms with Crippen molar-refractivity contribution in [2.45, 2.75) is 38.0 Å². The van der Waals surface area contributed by atoms with Crippen LogP contribution in [0.4, 0.5) is 4.39 Å². The second-order valence-corrected chi connectivity index (χ2v) is 6.90. The normalized spacial score (nSPS) is 17.9. The van der Waals surface area contributed by atoms with Gasteiger partial charge in [0.2, 0.25) is 5.91 Å². The van der Waals surface area contributed by atoms with Gasteiger partial charge in [-0.1, -0.05) is 24.3 Å². The molecule has 0 bridgehead atoms. The minimum atomic E-state index is -0.295. The maximum absolute atomic E-state index is 13.3. The van der Waals surface area contributed by atoms with E-state index in [0.29, 0.717) is 13.0 Å². The summed E-state index contributed by atoms with van der Waals surface area (Å²) in [5.41, 5.74) is 2.76. The summed E-state index contributed by atoms with van der Waals surface area (Å²) in [5, 5.41) is 3.09. The molecule has 2 heterocycles. The highest BCUT2D eigenvalue weighted by Crippen LogP contribution is 2.21. The van der Waals surface area contributed by atoms with Gasteiger partial charge in [-0.15, -0.1) is 0 Å². The van der Waals surface area contributed by atoms with Crippen LogP contribution in [-0.4, -0.2) is 28.2 Å². The number of fused-ring (bicyclic) bond motifs is 1. The Morgan fingerprint density at radius 1 is 1.26 bits per heavy atom. The molecule has 0 radical (unpaired) electrons. The summed E-state index contributed by atoms with van der Waals surface area (Å²) < 4.78 is 20.9. The zero-order valence-corrected chi connectivity index (χ0v) is 15.0. The Morgan fingerprint density at radius 2 is 2.07 bits per heavy atom. The number of imidazole rings is 1. The molecule has 1 N–H and O–H groups in total. The van der Waals surface area contributed by atoms with Crippen molar-refractivity contribution < 1.29 is 13.9 Å². The van der Waals surface area contributed by atoms with E-state index in [1.54, 1.807) is 18.5 Å². The molecule has 6 heteroatoms. The fourth-order valence-electron chi connectivity index (χ4n) is 3.55. The van der Waals surface area contributed by atoms with Crippen LogP contribution in [0, 0.1) is 5.82 Å². The summed E-state index contributed by atoms with van der Waals surface area (Å²) in [7, 11) is 0. The van der Waals surface area contributed by atoms with E-state index >= 15 is 0 Å². The fourth-order valence-corrected chi connectivity index (χ4v) is 3.55. The minimum Gasteiger partial charge on any atom is -0.378 e. The summed E-state index contributed by atoms with van der Waals surface area (Å²) >= 11 is 0. The number of carbonyl (C=O) groups excluding carboxylic acids is 1. The molecule has 1 saturated heterocycles. The minimum absolute atomic E-state index is 0.00653. The number of amides is 1. The lowest BCUT2D eigenvalue weighted by Gasteiger charge is -2.21. The number of rotatable bonds is 6. The van der Waals surface area contributed by atoms with Crippen LogP contribution < -0.4 is 5.32 Å². The van der Waals surface area contributed by atoms with Crippen molar-refractivity contribution >= 4 is 16.9 Å². The van der Waals surface area contributed by atoms with Crippen molar-refractivity contribution in [2.75, 3.05) is 6.61 Å². The zero-order chi connectivity index (χ0) is 18.6. The monoisotopic (exact) mass is 367 g/mol. The first kappa shape index (κ1) is 17.7. The predicted octanol–water partition coefficient (Wildman–Crippen LogP) is 3.60. The number of para-hydroxylation sites is 2. The Labute approximate surface area is 157 Å². The van der Waals surface area contributed by atoms with Crippen molar-refractivity contribution in [1.82, 2.24) is 14.9 Å². The maximum atomic E-state index is 13.3. The number of ether oxygens (including phenoxy) is 1. The first-order valence-corrected chi connectivity index (χ1v) is 9.25. The second-order valence-electron chi connectivity index (χ2n) is 6.90. The number of halogens is 1. The SMILES string of the molecule is O=C(CC1CCCO1)NC(Cn1cnc2ccccc21)c1ccc(F)cc1. The number of carbonyl (C=O) groups is 1. The van der Waals surface area contributed by atoms with Gasteiger partial charge in [0.25, 0.3) is 0 Å². The van der Waals surface area contributed by atoms with E-state index < -0.39 is 0 Å². The molecule has 3 aromatic rings. The lowest BCUT2D eigenvalue weighted by atomic mass is 10.1. The molecule has 2 aromatic carbocycles. The maximum Gasteiger partial charge on any atom is 0.223 e. The molecule has 2 unspecified atom stereocenters. The van der Waals surface area contributed by atoms with E-state index in [-0.39, 0.29) is 23.9 Å². The highest BCUT2D eigenvalue weighted by molar-refractivity contribution is 5.77. The van der Waals surface area contributed by atoms with Gasteiger partial charge < -0.3 is 14.6 Å². The topological polar surface area (TPSA) is 56.1 Å². The molecular formula is C21H22FN3O2. The molecule has 0 spiro atoms. The van der Waals surface area contributed by atoms with Crippen molar-refractivity contribution in [3.05, 3.63) is 66.2 Å². The molecule has 1 aromatic heterocycles. The first-order valence-electron chi connectivity index (χ1n) is 9.25. The van der Waals surface area contributed by atoms with Crippen molar-refractivity contribution in [2.24, 2.45) is 0 Å². The highest BCUT2D eigenvalue weighted by Gasteiger charge is 2.22. The van der Waals surface area contributed by atoms with E-state index in [4.69, 9.17) is 4.74 Å². The predicted molar refractivity (Wildman–Crippen MR) is 101 cm³/mol. The van der Waals surface area contributed by atoms with Crippen LogP contribution in [0.3, 0.4) is 0 Å². The van der Waals surface area contributed by atoms with Crippen LogP contribution in [-0.2, 0) is 16.1 Å². The Kier molecular flexibility index (Phi) is 5.16. The Bertz CT molecular complexity index is 917. The number of hydrogen-bond acceptors (Lipinski definition) is 3. The van der Waals surface area contributed by atoms with Crippen LogP contribution in [0.2, 0.25) is 0 Å².